The minimum absolute atomic E-state index is 0.0390. The molecule has 3 heterocycles. The molecular weight excluding hydrogens is 494 g/mol. The fourth-order valence-corrected chi connectivity index (χ4v) is 5.56. The van der Waals surface area contributed by atoms with E-state index in [1.165, 1.54) is 53.0 Å². The molecular formula is C22H18F2N8OS2. The quantitative estimate of drug-likeness (QED) is 0.314. The van der Waals surface area contributed by atoms with Crippen LogP contribution < -0.4 is 0 Å². The Morgan fingerprint density at radius 3 is 2.51 bits per heavy atom. The second-order valence-electron chi connectivity index (χ2n) is 7.67. The number of hydrogen-bond acceptors (Lipinski definition) is 9. The van der Waals surface area contributed by atoms with Crippen molar-refractivity contribution in [2.75, 3.05) is 0 Å². The lowest BCUT2D eigenvalue weighted by molar-refractivity contribution is 0.0133. The van der Waals surface area contributed by atoms with E-state index in [0.717, 1.165) is 23.4 Å². The molecule has 1 N–H and O–H groups in total. The standard InChI is InChI=1S/C22H18F2N8OS2/c1-14(22(33,9-31-12-25-10-27-31)18-7-4-16(23)8-19(18)24)34-21-29-20(30-35-21)15-2-5-17(6-3-15)32-13-26-11-28-32/h2-8,10-14,33H,9H2,1H3. The maximum absolute atomic E-state index is 14.7. The highest BCUT2D eigenvalue weighted by Crippen LogP contribution is 2.40. The summed E-state index contributed by atoms with van der Waals surface area (Å²) >= 11 is 2.42. The lowest BCUT2D eigenvalue weighted by atomic mass is 9.90. The summed E-state index contributed by atoms with van der Waals surface area (Å²) in [6.07, 6.45) is 5.82. The van der Waals surface area contributed by atoms with Crippen molar-refractivity contribution in [3.8, 4) is 17.1 Å². The van der Waals surface area contributed by atoms with Crippen LogP contribution in [-0.4, -0.2) is 49.2 Å². The first kappa shape index (κ1) is 23.2. The first-order chi connectivity index (χ1) is 16.9. The second kappa shape index (κ2) is 9.60. The maximum Gasteiger partial charge on any atom is 0.174 e. The zero-order valence-corrected chi connectivity index (χ0v) is 19.9. The molecule has 0 aliphatic rings. The first-order valence-electron chi connectivity index (χ1n) is 10.4. The topological polar surface area (TPSA) is 107 Å². The van der Waals surface area contributed by atoms with Gasteiger partial charge in [0.15, 0.2) is 10.2 Å². The van der Waals surface area contributed by atoms with Gasteiger partial charge in [-0.2, -0.15) is 14.6 Å². The molecule has 0 bridgehead atoms. The summed E-state index contributed by atoms with van der Waals surface area (Å²) in [7, 11) is 0. The van der Waals surface area contributed by atoms with Gasteiger partial charge in [-0.1, -0.05) is 17.8 Å². The van der Waals surface area contributed by atoms with Gasteiger partial charge in [0.05, 0.1) is 12.2 Å². The number of aromatic nitrogens is 8. The fraction of sp³-hybridized carbons (Fsp3) is 0.182. The molecule has 178 valence electrons. The molecule has 9 nitrogen and oxygen atoms in total. The normalized spacial score (nSPS) is 14.1. The Kier molecular flexibility index (Phi) is 6.36. The average Bonchev–Trinajstić information content (AvgIpc) is 3.62. The highest BCUT2D eigenvalue weighted by atomic mass is 32.2. The SMILES string of the molecule is CC(Sc1nc(-c2ccc(-n3cncn3)cc2)ns1)C(O)(Cn1cncn1)c1ccc(F)cc1F. The largest absolute Gasteiger partial charge is 0.382 e. The van der Waals surface area contributed by atoms with Crippen LogP contribution in [0.3, 0.4) is 0 Å². The molecule has 3 aromatic heterocycles. The highest BCUT2D eigenvalue weighted by Gasteiger charge is 2.40. The molecule has 0 radical (unpaired) electrons. The summed E-state index contributed by atoms with van der Waals surface area (Å²) in [4.78, 5) is 12.4. The third-order valence-electron chi connectivity index (χ3n) is 5.43. The number of hydrogen-bond donors (Lipinski definition) is 1. The predicted molar refractivity (Wildman–Crippen MR) is 126 cm³/mol. The number of aliphatic hydroxyl groups is 1. The summed E-state index contributed by atoms with van der Waals surface area (Å²) in [6.45, 7) is 1.66. The number of nitrogens with zero attached hydrogens (tertiary/aromatic N) is 8. The summed E-state index contributed by atoms with van der Waals surface area (Å²) < 4.78 is 36.4. The van der Waals surface area contributed by atoms with Crippen LogP contribution in [-0.2, 0) is 12.1 Å². The Bertz CT molecular complexity index is 1410. The van der Waals surface area contributed by atoms with Crippen molar-refractivity contribution in [3.05, 3.63) is 85.0 Å². The molecule has 0 aliphatic heterocycles. The Morgan fingerprint density at radius 2 is 1.83 bits per heavy atom. The van der Waals surface area contributed by atoms with Crippen LogP contribution in [0.15, 0.2) is 72.1 Å². The van der Waals surface area contributed by atoms with Crippen LogP contribution in [0.5, 0.6) is 0 Å². The van der Waals surface area contributed by atoms with Gasteiger partial charge in [-0.05, 0) is 48.8 Å². The minimum atomic E-state index is -1.73. The van der Waals surface area contributed by atoms with E-state index in [1.54, 1.807) is 17.9 Å². The van der Waals surface area contributed by atoms with Crippen molar-refractivity contribution in [1.29, 1.82) is 0 Å². The van der Waals surface area contributed by atoms with Crippen molar-refractivity contribution in [2.24, 2.45) is 0 Å². The number of benzene rings is 2. The van der Waals surface area contributed by atoms with Gasteiger partial charge in [0, 0.05) is 22.4 Å². The van der Waals surface area contributed by atoms with Crippen LogP contribution >= 0.6 is 23.3 Å². The lowest BCUT2D eigenvalue weighted by Gasteiger charge is -2.33. The maximum atomic E-state index is 14.7. The molecule has 0 aliphatic carbocycles. The molecule has 0 amide bonds. The minimum Gasteiger partial charge on any atom is -0.382 e. The predicted octanol–water partition coefficient (Wildman–Crippen LogP) is 3.72. The van der Waals surface area contributed by atoms with Gasteiger partial charge in [-0.15, -0.1) is 0 Å². The van der Waals surface area contributed by atoms with Gasteiger partial charge < -0.3 is 5.11 Å². The smallest absolute Gasteiger partial charge is 0.174 e. The van der Waals surface area contributed by atoms with E-state index >= 15 is 0 Å². The Balaban J connectivity index is 1.39. The van der Waals surface area contributed by atoms with Crippen LogP contribution in [0, 0.1) is 11.6 Å². The van der Waals surface area contributed by atoms with E-state index in [-0.39, 0.29) is 12.1 Å². The molecule has 0 fully saturated rings. The van der Waals surface area contributed by atoms with Gasteiger partial charge in [-0.3, -0.25) is 0 Å². The average molecular weight is 513 g/mol. The van der Waals surface area contributed by atoms with Crippen LogP contribution in [0.4, 0.5) is 8.78 Å². The van der Waals surface area contributed by atoms with Crippen molar-refractivity contribution >= 4 is 23.3 Å². The Morgan fingerprint density at radius 1 is 1.06 bits per heavy atom. The molecule has 5 rings (SSSR count). The summed E-state index contributed by atoms with van der Waals surface area (Å²) in [5, 5.41) is 19.2. The second-order valence-corrected chi connectivity index (χ2v) is 10.0. The fourth-order valence-electron chi connectivity index (χ4n) is 3.56. The van der Waals surface area contributed by atoms with E-state index in [2.05, 4.69) is 29.5 Å². The van der Waals surface area contributed by atoms with Crippen molar-refractivity contribution in [3.63, 3.8) is 0 Å². The molecule has 0 spiro atoms. The zero-order chi connectivity index (χ0) is 24.4. The van der Waals surface area contributed by atoms with Gasteiger partial charge in [0.25, 0.3) is 0 Å². The van der Waals surface area contributed by atoms with Crippen LogP contribution in [0.25, 0.3) is 17.1 Å². The van der Waals surface area contributed by atoms with Crippen molar-refractivity contribution in [2.45, 2.75) is 28.7 Å². The van der Waals surface area contributed by atoms with E-state index in [4.69, 9.17) is 0 Å². The van der Waals surface area contributed by atoms with E-state index in [1.807, 2.05) is 24.3 Å². The van der Waals surface area contributed by atoms with E-state index in [9.17, 15) is 13.9 Å². The van der Waals surface area contributed by atoms with Crippen LogP contribution in [0.1, 0.15) is 12.5 Å². The third-order valence-corrected chi connectivity index (χ3v) is 7.49. The number of thioether (sulfide) groups is 1. The number of halogens is 2. The van der Waals surface area contributed by atoms with Crippen LogP contribution in [0.2, 0.25) is 0 Å². The molecule has 2 atom stereocenters. The van der Waals surface area contributed by atoms with E-state index < -0.39 is 22.5 Å². The molecule has 35 heavy (non-hydrogen) atoms. The van der Waals surface area contributed by atoms with Gasteiger partial charge in [-0.25, -0.2) is 33.1 Å². The Labute approximate surface area is 206 Å². The van der Waals surface area contributed by atoms with Crippen molar-refractivity contribution in [1.82, 2.24) is 38.9 Å². The summed E-state index contributed by atoms with van der Waals surface area (Å²) in [6, 6.07) is 10.7. The molecule has 2 aromatic carbocycles. The molecule has 0 saturated carbocycles. The van der Waals surface area contributed by atoms with Gasteiger partial charge >= 0.3 is 0 Å². The van der Waals surface area contributed by atoms with Gasteiger partial charge in [0.1, 0.15) is 42.5 Å². The molecule has 5 aromatic rings. The summed E-state index contributed by atoms with van der Waals surface area (Å²) in [5.41, 5.74) is -0.111. The van der Waals surface area contributed by atoms with Crippen molar-refractivity contribution < 1.29 is 13.9 Å². The molecule has 0 saturated heterocycles. The zero-order valence-electron chi connectivity index (χ0n) is 18.2. The third kappa shape index (κ3) is 4.83. The van der Waals surface area contributed by atoms with Gasteiger partial charge in [0.2, 0.25) is 0 Å². The monoisotopic (exact) mass is 512 g/mol. The van der Waals surface area contributed by atoms with E-state index in [0.29, 0.717) is 10.2 Å². The molecule has 13 heteroatoms. The summed E-state index contributed by atoms with van der Waals surface area (Å²) in [5.74, 6) is -1.04. The highest BCUT2D eigenvalue weighted by molar-refractivity contribution is 8.01. The molecule has 2 unspecified atom stereocenters. The number of rotatable bonds is 8. The Hall–Kier alpha value is -3.55. The lowest BCUT2D eigenvalue weighted by Crippen LogP contribution is -2.41. The first-order valence-corrected chi connectivity index (χ1v) is 12.0.